The lowest BCUT2D eigenvalue weighted by molar-refractivity contribution is 0.128. The first-order valence-corrected chi connectivity index (χ1v) is 9.51. The molecule has 2 rings (SSSR count). The molecule has 4 nitrogen and oxygen atoms in total. The molecule has 1 unspecified atom stereocenters. The highest BCUT2D eigenvalue weighted by Gasteiger charge is 2.04. The summed E-state index contributed by atoms with van der Waals surface area (Å²) in [5.41, 5.74) is 9.66. The van der Waals surface area contributed by atoms with Crippen molar-refractivity contribution in [3.05, 3.63) is 54.1 Å². The van der Waals surface area contributed by atoms with Crippen molar-refractivity contribution in [1.29, 1.82) is 0 Å². The molecule has 0 radical (unpaired) electrons. The number of rotatable bonds is 8. The maximum atomic E-state index is 5.60. The van der Waals surface area contributed by atoms with Crippen LogP contribution in [0, 0.1) is 0 Å². The predicted octanol–water partition coefficient (Wildman–Crippen LogP) is 4.67. The number of hydrogen-bond acceptors (Lipinski definition) is 4. The van der Waals surface area contributed by atoms with E-state index in [4.69, 9.17) is 4.84 Å². The standard InChI is InChI=1S/C19H27N3O.C3H8/c1-5-16-8-6-9-17(12-16)18-10-7-11-19(13-18)23-21-20-15(2)14-22(3)4;1-3-2/h6-13,15,20-21H,5,14H2,1-4H3;3H2,1-2H3. The van der Waals surface area contributed by atoms with Crippen LogP contribution in [0.15, 0.2) is 48.5 Å². The zero-order valence-corrected chi connectivity index (χ0v) is 17.2. The number of hydrogen-bond donors (Lipinski definition) is 2. The minimum atomic E-state index is 0.286. The lowest BCUT2D eigenvalue weighted by Crippen LogP contribution is -2.45. The topological polar surface area (TPSA) is 36.5 Å². The van der Waals surface area contributed by atoms with Crippen LogP contribution in [0.1, 0.15) is 39.7 Å². The molecule has 0 aliphatic rings. The van der Waals surface area contributed by atoms with Crippen LogP contribution < -0.4 is 15.9 Å². The SMILES string of the molecule is CCC.CCc1cccc(-c2cccc(ONNC(C)CN(C)C)c2)c1. The number of hydrazine groups is 1. The van der Waals surface area contributed by atoms with Gasteiger partial charge in [0.2, 0.25) is 0 Å². The fourth-order valence-corrected chi connectivity index (χ4v) is 2.49. The Hall–Kier alpha value is -1.88. The predicted molar refractivity (Wildman–Crippen MR) is 112 cm³/mol. The van der Waals surface area contributed by atoms with Gasteiger partial charge in [-0.15, -0.1) is 0 Å². The number of nitrogens with one attached hydrogen (secondary N) is 2. The van der Waals surface area contributed by atoms with Crippen LogP contribution in [0.3, 0.4) is 0 Å². The normalized spacial score (nSPS) is 11.7. The van der Waals surface area contributed by atoms with Crippen molar-refractivity contribution >= 4 is 0 Å². The zero-order chi connectivity index (χ0) is 19.4. The molecule has 1 atom stereocenters. The van der Waals surface area contributed by atoms with E-state index >= 15 is 0 Å². The van der Waals surface area contributed by atoms with Gasteiger partial charge in [0.1, 0.15) is 5.75 Å². The van der Waals surface area contributed by atoms with E-state index < -0.39 is 0 Å². The van der Waals surface area contributed by atoms with Crippen molar-refractivity contribution in [2.45, 2.75) is 46.6 Å². The van der Waals surface area contributed by atoms with Crippen molar-refractivity contribution in [3.63, 3.8) is 0 Å². The Kier molecular flexibility index (Phi) is 10.6. The fourth-order valence-electron chi connectivity index (χ4n) is 2.49. The quantitative estimate of drug-likeness (QED) is 0.673. The summed E-state index contributed by atoms with van der Waals surface area (Å²) in [6, 6.07) is 17.0. The first-order chi connectivity index (χ1) is 12.5. The maximum absolute atomic E-state index is 5.60. The van der Waals surface area contributed by atoms with E-state index in [0.717, 1.165) is 24.3 Å². The van der Waals surface area contributed by atoms with Crippen LogP contribution in [-0.2, 0) is 6.42 Å². The molecule has 26 heavy (non-hydrogen) atoms. The molecule has 0 saturated heterocycles. The van der Waals surface area contributed by atoms with Crippen LogP contribution in [0.4, 0.5) is 0 Å². The Balaban J connectivity index is 0.00000105. The van der Waals surface area contributed by atoms with Crippen molar-refractivity contribution < 1.29 is 4.84 Å². The van der Waals surface area contributed by atoms with Gasteiger partial charge < -0.3 is 9.74 Å². The molecular weight excluding hydrogens is 322 g/mol. The summed E-state index contributed by atoms with van der Waals surface area (Å²) in [4.78, 5) is 7.72. The van der Waals surface area contributed by atoms with E-state index in [9.17, 15) is 0 Å². The van der Waals surface area contributed by atoms with E-state index in [1.165, 1.54) is 17.5 Å². The average molecular weight is 358 g/mol. The molecule has 0 amide bonds. The first-order valence-electron chi connectivity index (χ1n) is 9.51. The molecule has 0 aliphatic carbocycles. The van der Waals surface area contributed by atoms with E-state index in [1.807, 2.05) is 32.3 Å². The highest BCUT2D eigenvalue weighted by atomic mass is 16.7. The Morgan fingerprint density at radius 1 is 0.962 bits per heavy atom. The summed E-state index contributed by atoms with van der Waals surface area (Å²) < 4.78 is 0. The molecule has 0 fully saturated rings. The summed E-state index contributed by atoms with van der Waals surface area (Å²) in [5, 5.41) is 0. The Morgan fingerprint density at radius 2 is 1.58 bits per heavy atom. The highest BCUT2D eigenvalue weighted by Crippen LogP contribution is 2.24. The van der Waals surface area contributed by atoms with E-state index in [2.05, 4.69) is 73.9 Å². The van der Waals surface area contributed by atoms with Gasteiger partial charge in [-0.3, -0.25) is 0 Å². The van der Waals surface area contributed by atoms with Gasteiger partial charge in [-0.05, 0) is 56.3 Å². The third-order valence-corrected chi connectivity index (χ3v) is 3.62. The van der Waals surface area contributed by atoms with E-state index in [0.29, 0.717) is 0 Å². The van der Waals surface area contributed by atoms with Crippen LogP contribution in [0.5, 0.6) is 5.75 Å². The van der Waals surface area contributed by atoms with Crippen LogP contribution >= 0.6 is 0 Å². The van der Waals surface area contributed by atoms with Crippen LogP contribution in [0.25, 0.3) is 11.1 Å². The molecule has 4 heteroatoms. The molecule has 0 heterocycles. The van der Waals surface area contributed by atoms with E-state index in [1.54, 1.807) is 0 Å². The molecular formula is C22H35N3O. The van der Waals surface area contributed by atoms with Crippen LogP contribution in [0.2, 0.25) is 0 Å². The largest absolute Gasteiger partial charge is 0.394 e. The monoisotopic (exact) mass is 357 g/mol. The Labute approximate surface area is 159 Å². The van der Waals surface area contributed by atoms with Crippen molar-refractivity contribution in [3.8, 4) is 16.9 Å². The minimum Gasteiger partial charge on any atom is -0.394 e. The zero-order valence-electron chi connectivity index (χ0n) is 17.2. The Bertz CT molecular complexity index is 628. The Morgan fingerprint density at radius 3 is 2.19 bits per heavy atom. The highest BCUT2D eigenvalue weighted by molar-refractivity contribution is 5.65. The molecule has 0 aromatic heterocycles. The summed E-state index contributed by atoms with van der Waals surface area (Å²) in [7, 11) is 4.10. The average Bonchev–Trinajstić information content (AvgIpc) is 2.62. The van der Waals surface area contributed by atoms with Gasteiger partial charge >= 0.3 is 0 Å². The molecule has 144 valence electrons. The first kappa shape index (κ1) is 22.2. The second kappa shape index (κ2) is 12.5. The molecule has 0 spiro atoms. The third kappa shape index (κ3) is 8.48. The number of benzene rings is 2. The van der Waals surface area contributed by atoms with Crippen LogP contribution in [-0.4, -0.2) is 31.6 Å². The summed E-state index contributed by atoms with van der Waals surface area (Å²) in [6.07, 6.45) is 2.29. The molecule has 2 aromatic carbocycles. The summed E-state index contributed by atoms with van der Waals surface area (Å²) in [5.74, 6) is 0.786. The minimum absolute atomic E-state index is 0.286. The van der Waals surface area contributed by atoms with Gasteiger partial charge in [0.25, 0.3) is 0 Å². The lowest BCUT2D eigenvalue weighted by atomic mass is 10.0. The number of likely N-dealkylation sites (N-methyl/N-ethyl adjacent to an activating group) is 1. The summed E-state index contributed by atoms with van der Waals surface area (Å²) in [6.45, 7) is 9.45. The second-order valence-corrected chi connectivity index (χ2v) is 6.80. The smallest absolute Gasteiger partial charge is 0.149 e. The third-order valence-electron chi connectivity index (χ3n) is 3.62. The van der Waals surface area contributed by atoms with Crippen molar-refractivity contribution in [2.75, 3.05) is 20.6 Å². The van der Waals surface area contributed by atoms with Gasteiger partial charge in [-0.25, -0.2) is 5.43 Å². The fraction of sp³-hybridized carbons (Fsp3) is 0.455. The maximum Gasteiger partial charge on any atom is 0.149 e. The summed E-state index contributed by atoms with van der Waals surface area (Å²) >= 11 is 0. The van der Waals surface area contributed by atoms with Crippen molar-refractivity contribution in [2.24, 2.45) is 0 Å². The van der Waals surface area contributed by atoms with Crippen molar-refractivity contribution in [1.82, 2.24) is 15.9 Å². The molecule has 2 N–H and O–H groups in total. The second-order valence-electron chi connectivity index (χ2n) is 6.80. The lowest BCUT2D eigenvalue weighted by Gasteiger charge is -2.18. The number of nitrogens with zero attached hydrogens (tertiary/aromatic N) is 1. The van der Waals surface area contributed by atoms with Gasteiger partial charge in [-0.2, -0.15) is 0 Å². The van der Waals surface area contributed by atoms with Gasteiger partial charge in [0.05, 0.1) is 0 Å². The number of aryl methyl sites for hydroxylation is 1. The van der Waals surface area contributed by atoms with Gasteiger partial charge in [0, 0.05) is 12.6 Å². The molecule has 0 aliphatic heterocycles. The molecule has 0 saturated carbocycles. The van der Waals surface area contributed by atoms with Gasteiger partial charge in [0.15, 0.2) is 0 Å². The molecule has 0 bridgehead atoms. The molecule has 2 aromatic rings. The van der Waals surface area contributed by atoms with E-state index in [-0.39, 0.29) is 6.04 Å². The van der Waals surface area contributed by atoms with Gasteiger partial charge in [-0.1, -0.05) is 69.2 Å².